The highest BCUT2D eigenvalue weighted by atomic mass is 32.1. The van der Waals surface area contributed by atoms with Gasteiger partial charge in [-0.15, -0.1) is 11.3 Å². The molecule has 1 heterocycles. The molecule has 0 amide bonds. The first-order chi connectivity index (χ1) is 9.19. The molecule has 0 saturated carbocycles. The van der Waals surface area contributed by atoms with E-state index < -0.39 is 0 Å². The van der Waals surface area contributed by atoms with Gasteiger partial charge in [-0.25, -0.2) is 4.98 Å². The first-order valence-corrected chi connectivity index (χ1v) is 7.49. The highest BCUT2D eigenvalue weighted by molar-refractivity contribution is 7.09. The van der Waals surface area contributed by atoms with Gasteiger partial charge in [-0.2, -0.15) is 0 Å². The van der Waals surface area contributed by atoms with Gasteiger partial charge in [-0.3, -0.25) is 0 Å². The normalized spacial score (nSPS) is 10.7. The van der Waals surface area contributed by atoms with Gasteiger partial charge in [-0.1, -0.05) is 19.1 Å². The number of hydrogen-bond donors (Lipinski definition) is 1. The first kappa shape index (κ1) is 14.0. The van der Waals surface area contributed by atoms with Crippen molar-refractivity contribution in [2.45, 2.75) is 26.9 Å². The van der Waals surface area contributed by atoms with Crippen molar-refractivity contribution >= 4 is 17.0 Å². The van der Waals surface area contributed by atoms with Crippen LogP contribution in [0.4, 0.5) is 5.69 Å². The Morgan fingerprint density at radius 1 is 1.26 bits per heavy atom. The van der Waals surface area contributed by atoms with Gasteiger partial charge in [0.15, 0.2) is 0 Å². The summed E-state index contributed by atoms with van der Waals surface area (Å²) in [7, 11) is 2.11. The van der Waals surface area contributed by atoms with E-state index in [0.717, 1.165) is 30.3 Å². The minimum Gasteiger partial charge on any atom is -0.369 e. The van der Waals surface area contributed by atoms with Gasteiger partial charge in [0.2, 0.25) is 0 Å². The lowest BCUT2D eigenvalue weighted by Crippen LogP contribution is -2.17. The van der Waals surface area contributed by atoms with E-state index in [1.54, 1.807) is 11.3 Å². The van der Waals surface area contributed by atoms with Crippen molar-refractivity contribution in [1.29, 1.82) is 0 Å². The van der Waals surface area contributed by atoms with Gasteiger partial charge < -0.3 is 10.2 Å². The van der Waals surface area contributed by atoms with Crippen molar-refractivity contribution in [3.05, 3.63) is 45.9 Å². The molecule has 0 aliphatic heterocycles. The number of benzene rings is 1. The van der Waals surface area contributed by atoms with E-state index in [4.69, 9.17) is 0 Å². The third kappa shape index (κ3) is 4.04. The molecule has 0 saturated heterocycles. The van der Waals surface area contributed by atoms with Crippen molar-refractivity contribution in [3.8, 4) is 0 Å². The number of aromatic nitrogens is 1. The average molecular weight is 275 g/mol. The summed E-state index contributed by atoms with van der Waals surface area (Å²) < 4.78 is 0. The number of hydrogen-bond acceptors (Lipinski definition) is 4. The summed E-state index contributed by atoms with van der Waals surface area (Å²) in [6, 6.07) is 8.71. The van der Waals surface area contributed by atoms with Crippen LogP contribution in [-0.4, -0.2) is 18.6 Å². The Kier molecular flexibility index (Phi) is 4.93. The van der Waals surface area contributed by atoms with Crippen molar-refractivity contribution < 1.29 is 0 Å². The van der Waals surface area contributed by atoms with Crippen molar-refractivity contribution in [2.75, 3.05) is 18.5 Å². The maximum absolute atomic E-state index is 4.50. The van der Waals surface area contributed by atoms with Gasteiger partial charge in [0.25, 0.3) is 0 Å². The third-order valence-corrected chi connectivity index (χ3v) is 3.84. The van der Waals surface area contributed by atoms with Crippen molar-refractivity contribution in [3.63, 3.8) is 0 Å². The van der Waals surface area contributed by atoms with Crippen LogP contribution in [0, 0.1) is 6.92 Å². The minimum atomic E-state index is 0.858. The molecule has 3 nitrogen and oxygen atoms in total. The molecule has 2 aromatic rings. The molecule has 4 heteroatoms. The zero-order valence-electron chi connectivity index (χ0n) is 11.8. The summed E-state index contributed by atoms with van der Waals surface area (Å²) >= 11 is 1.71. The van der Waals surface area contributed by atoms with E-state index in [9.17, 15) is 0 Å². The second-order valence-corrected chi connectivity index (χ2v) is 5.72. The molecule has 0 radical (unpaired) electrons. The summed E-state index contributed by atoms with van der Waals surface area (Å²) in [6.07, 6.45) is 0. The minimum absolute atomic E-state index is 0.858. The topological polar surface area (TPSA) is 28.2 Å². The van der Waals surface area contributed by atoms with Crippen LogP contribution in [0.5, 0.6) is 0 Å². The fourth-order valence-corrected chi connectivity index (χ4v) is 2.56. The molecule has 0 aliphatic carbocycles. The summed E-state index contributed by atoms with van der Waals surface area (Å²) in [6.45, 7) is 6.97. The lowest BCUT2D eigenvalue weighted by atomic mass is 10.2. The third-order valence-electron chi connectivity index (χ3n) is 3.02. The zero-order chi connectivity index (χ0) is 13.7. The van der Waals surface area contributed by atoms with E-state index in [-0.39, 0.29) is 0 Å². The average Bonchev–Trinajstić information content (AvgIpc) is 2.82. The Bertz CT molecular complexity index is 504. The lowest BCUT2D eigenvalue weighted by Gasteiger charge is -2.18. The number of rotatable bonds is 6. The number of nitrogens with zero attached hydrogens (tertiary/aromatic N) is 2. The fourth-order valence-electron chi connectivity index (χ4n) is 1.95. The second kappa shape index (κ2) is 6.68. The summed E-state index contributed by atoms with van der Waals surface area (Å²) in [4.78, 5) is 6.73. The maximum Gasteiger partial charge on any atom is 0.0898 e. The Labute approximate surface area is 119 Å². The van der Waals surface area contributed by atoms with Crippen molar-refractivity contribution in [1.82, 2.24) is 10.3 Å². The Balaban J connectivity index is 1.97. The van der Waals surface area contributed by atoms with E-state index in [2.05, 4.69) is 58.8 Å². The van der Waals surface area contributed by atoms with E-state index in [1.807, 2.05) is 6.92 Å². The van der Waals surface area contributed by atoms with Gasteiger partial charge in [-0.05, 0) is 31.2 Å². The van der Waals surface area contributed by atoms with E-state index >= 15 is 0 Å². The van der Waals surface area contributed by atoms with Crippen LogP contribution in [0.1, 0.15) is 23.2 Å². The Morgan fingerprint density at radius 2 is 2.00 bits per heavy atom. The molecule has 0 unspecified atom stereocenters. The molecular formula is C15H21N3S. The van der Waals surface area contributed by atoms with Crippen LogP contribution in [0.25, 0.3) is 0 Å². The maximum atomic E-state index is 4.50. The molecule has 1 N–H and O–H groups in total. The largest absolute Gasteiger partial charge is 0.369 e. The highest BCUT2D eigenvalue weighted by Crippen LogP contribution is 2.17. The predicted octanol–water partition coefficient (Wildman–Crippen LogP) is 3.20. The monoisotopic (exact) mass is 275 g/mol. The van der Waals surface area contributed by atoms with E-state index in [0.29, 0.717) is 0 Å². The first-order valence-electron chi connectivity index (χ1n) is 6.61. The Morgan fingerprint density at radius 3 is 2.58 bits per heavy atom. The van der Waals surface area contributed by atoms with Crippen LogP contribution in [0.2, 0.25) is 0 Å². The summed E-state index contributed by atoms with van der Waals surface area (Å²) in [5.41, 5.74) is 3.69. The molecule has 0 aliphatic rings. The smallest absolute Gasteiger partial charge is 0.0898 e. The molecule has 0 fully saturated rings. The number of anilines is 1. The van der Waals surface area contributed by atoms with Crippen LogP contribution in [-0.2, 0) is 13.1 Å². The van der Waals surface area contributed by atoms with Crippen molar-refractivity contribution in [2.24, 2.45) is 0 Å². The number of nitrogens with one attached hydrogen (secondary N) is 1. The van der Waals surface area contributed by atoms with Crippen LogP contribution in [0.15, 0.2) is 29.6 Å². The molecule has 1 aromatic heterocycles. The molecular weight excluding hydrogens is 254 g/mol. The SMILES string of the molecule is CCNCc1ccc(N(C)Cc2csc(C)n2)cc1. The predicted molar refractivity (Wildman–Crippen MR) is 82.8 cm³/mol. The van der Waals surface area contributed by atoms with Gasteiger partial charge >= 0.3 is 0 Å². The molecule has 19 heavy (non-hydrogen) atoms. The molecule has 2 rings (SSSR count). The van der Waals surface area contributed by atoms with Gasteiger partial charge in [0, 0.05) is 24.7 Å². The fraction of sp³-hybridized carbons (Fsp3) is 0.400. The summed E-state index contributed by atoms with van der Waals surface area (Å²) in [5, 5.41) is 6.59. The standard InChI is InChI=1S/C15H21N3S/c1-4-16-9-13-5-7-15(8-6-13)18(3)10-14-11-19-12(2)17-14/h5-8,11,16H,4,9-10H2,1-3H3. The lowest BCUT2D eigenvalue weighted by molar-refractivity contribution is 0.726. The second-order valence-electron chi connectivity index (χ2n) is 4.66. The van der Waals surface area contributed by atoms with Crippen LogP contribution >= 0.6 is 11.3 Å². The Hall–Kier alpha value is -1.39. The van der Waals surface area contributed by atoms with Crippen LogP contribution in [0.3, 0.4) is 0 Å². The number of thiazole rings is 1. The molecule has 0 atom stereocenters. The highest BCUT2D eigenvalue weighted by Gasteiger charge is 2.04. The molecule has 102 valence electrons. The zero-order valence-corrected chi connectivity index (χ0v) is 12.6. The van der Waals surface area contributed by atoms with Crippen LogP contribution < -0.4 is 10.2 Å². The van der Waals surface area contributed by atoms with Gasteiger partial charge in [0.1, 0.15) is 0 Å². The number of aryl methyl sites for hydroxylation is 1. The van der Waals surface area contributed by atoms with Gasteiger partial charge in [0.05, 0.1) is 17.2 Å². The molecule has 0 spiro atoms. The van der Waals surface area contributed by atoms with E-state index in [1.165, 1.54) is 11.3 Å². The molecule has 0 bridgehead atoms. The molecule has 1 aromatic carbocycles. The summed E-state index contributed by atoms with van der Waals surface area (Å²) in [5.74, 6) is 0. The quantitative estimate of drug-likeness (QED) is 0.877.